The van der Waals surface area contributed by atoms with E-state index in [-0.39, 0.29) is 18.1 Å². The minimum Gasteiger partial charge on any atom is -0.336 e. The lowest BCUT2D eigenvalue weighted by atomic mass is 10.2. The third-order valence-electron chi connectivity index (χ3n) is 3.37. The van der Waals surface area contributed by atoms with Crippen molar-refractivity contribution in [2.75, 3.05) is 20.6 Å². The standard InChI is InChI=1S/C15H23N5OS/c1-12(10-20-7-6-16-11-20)18-15(21)17-9-13(19(2)3)14-5-4-8-22-14/h4-8,11-13H,9-10H2,1-3H3,(H2,17,18,21). The van der Waals surface area contributed by atoms with Crippen LogP contribution in [-0.2, 0) is 6.54 Å². The fourth-order valence-electron chi connectivity index (χ4n) is 2.24. The van der Waals surface area contributed by atoms with Crippen molar-refractivity contribution in [3.8, 4) is 0 Å². The number of likely N-dealkylation sites (N-methyl/N-ethyl adjacent to an activating group) is 1. The monoisotopic (exact) mass is 321 g/mol. The smallest absolute Gasteiger partial charge is 0.315 e. The zero-order valence-corrected chi connectivity index (χ0v) is 14.0. The van der Waals surface area contributed by atoms with Crippen LogP contribution >= 0.6 is 11.3 Å². The van der Waals surface area contributed by atoms with Crippen molar-refractivity contribution in [3.05, 3.63) is 41.1 Å². The molecule has 2 aromatic heterocycles. The van der Waals surface area contributed by atoms with Gasteiger partial charge in [0.15, 0.2) is 0 Å². The molecule has 0 bridgehead atoms. The third kappa shape index (κ3) is 4.85. The lowest BCUT2D eigenvalue weighted by molar-refractivity contribution is 0.229. The molecule has 2 amide bonds. The Morgan fingerprint density at radius 2 is 2.32 bits per heavy atom. The highest BCUT2D eigenvalue weighted by atomic mass is 32.1. The Labute approximate surface area is 135 Å². The Morgan fingerprint density at radius 1 is 1.50 bits per heavy atom. The molecule has 2 heterocycles. The lowest BCUT2D eigenvalue weighted by Gasteiger charge is -2.24. The van der Waals surface area contributed by atoms with E-state index in [0.717, 1.165) is 0 Å². The number of hydrogen-bond acceptors (Lipinski definition) is 4. The van der Waals surface area contributed by atoms with E-state index in [1.807, 2.05) is 37.8 Å². The van der Waals surface area contributed by atoms with Crippen LogP contribution in [0.1, 0.15) is 17.8 Å². The van der Waals surface area contributed by atoms with Crippen molar-refractivity contribution in [3.63, 3.8) is 0 Å². The maximum Gasteiger partial charge on any atom is 0.315 e. The summed E-state index contributed by atoms with van der Waals surface area (Å²) in [5.74, 6) is 0. The Balaban J connectivity index is 1.78. The van der Waals surface area contributed by atoms with Crippen molar-refractivity contribution < 1.29 is 4.79 Å². The summed E-state index contributed by atoms with van der Waals surface area (Å²) in [6, 6.07) is 4.21. The van der Waals surface area contributed by atoms with Gasteiger partial charge in [0.05, 0.1) is 12.4 Å². The van der Waals surface area contributed by atoms with Gasteiger partial charge in [0.25, 0.3) is 0 Å². The Hall–Kier alpha value is -1.86. The summed E-state index contributed by atoms with van der Waals surface area (Å²) in [5, 5.41) is 7.95. The lowest BCUT2D eigenvalue weighted by Crippen LogP contribution is -2.44. The van der Waals surface area contributed by atoms with Crippen LogP contribution in [0.15, 0.2) is 36.2 Å². The van der Waals surface area contributed by atoms with E-state index in [4.69, 9.17) is 0 Å². The first-order valence-corrected chi connectivity index (χ1v) is 8.14. The molecule has 22 heavy (non-hydrogen) atoms. The van der Waals surface area contributed by atoms with E-state index in [1.165, 1.54) is 4.88 Å². The molecule has 0 aliphatic rings. The maximum atomic E-state index is 12.0. The Bertz CT molecular complexity index is 553. The average Bonchev–Trinajstić information content (AvgIpc) is 3.11. The first kappa shape index (κ1) is 16.5. The summed E-state index contributed by atoms with van der Waals surface area (Å²) in [6.45, 7) is 3.26. The number of amides is 2. The molecule has 6 nitrogen and oxygen atoms in total. The van der Waals surface area contributed by atoms with Crippen LogP contribution in [-0.4, -0.2) is 47.2 Å². The van der Waals surface area contributed by atoms with Gasteiger partial charge in [-0.3, -0.25) is 0 Å². The van der Waals surface area contributed by atoms with Crippen LogP contribution in [0.2, 0.25) is 0 Å². The zero-order chi connectivity index (χ0) is 15.9. The number of thiophene rings is 1. The van der Waals surface area contributed by atoms with Crippen LogP contribution in [0.4, 0.5) is 4.79 Å². The first-order chi connectivity index (χ1) is 10.6. The Morgan fingerprint density at radius 3 is 2.91 bits per heavy atom. The molecule has 2 unspecified atom stereocenters. The van der Waals surface area contributed by atoms with Crippen LogP contribution in [0, 0.1) is 0 Å². The highest BCUT2D eigenvalue weighted by Crippen LogP contribution is 2.22. The molecule has 0 spiro atoms. The number of imidazole rings is 1. The number of hydrogen-bond donors (Lipinski definition) is 2. The summed E-state index contributed by atoms with van der Waals surface area (Å²) in [4.78, 5) is 19.4. The molecule has 0 radical (unpaired) electrons. The molecule has 2 N–H and O–H groups in total. The fourth-order valence-corrected chi connectivity index (χ4v) is 3.16. The number of nitrogens with zero attached hydrogens (tertiary/aromatic N) is 3. The second-order valence-corrected chi connectivity index (χ2v) is 6.49. The van der Waals surface area contributed by atoms with Crippen molar-refractivity contribution in [1.82, 2.24) is 25.1 Å². The van der Waals surface area contributed by atoms with Gasteiger partial charge in [-0.15, -0.1) is 11.3 Å². The van der Waals surface area contributed by atoms with Crippen molar-refractivity contribution >= 4 is 17.4 Å². The molecule has 2 atom stereocenters. The van der Waals surface area contributed by atoms with Crippen LogP contribution < -0.4 is 10.6 Å². The van der Waals surface area contributed by atoms with Crippen molar-refractivity contribution in [2.45, 2.75) is 25.6 Å². The van der Waals surface area contributed by atoms with Gasteiger partial charge in [-0.05, 0) is 32.5 Å². The summed E-state index contributed by atoms with van der Waals surface area (Å²) >= 11 is 1.70. The van der Waals surface area contributed by atoms with E-state index < -0.39 is 0 Å². The molecule has 7 heteroatoms. The van der Waals surface area contributed by atoms with E-state index in [9.17, 15) is 4.79 Å². The number of rotatable bonds is 7. The van der Waals surface area contributed by atoms with Crippen LogP contribution in [0.5, 0.6) is 0 Å². The molecule has 0 saturated heterocycles. The Kier molecular flexibility index (Phi) is 5.97. The molecular weight excluding hydrogens is 298 g/mol. The highest BCUT2D eigenvalue weighted by Gasteiger charge is 2.16. The predicted octanol–water partition coefficient (Wildman–Crippen LogP) is 1.94. The van der Waals surface area contributed by atoms with Crippen molar-refractivity contribution in [2.24, 2.45) is 0 Å². The molecule has 0 saturated carbocycles. The summed E-state index contributed by atoms with van der Waals surface area (Å²) < 4.78 is 1.94. The van der Waals surface area contributed by atoms with Crippen LogP contribution in [0.25, 0.3) is 0 Å². The number of carbonyl (C=O) groups excluding carboxylic acids is 1. The number of carbonyl (C=O) groups is 1. The van der Waals surface area contributed by atoms with Gasteiger partial charge in [-0.25, -0.2) is 9.78 Å². The van der Waals surface area contributed by atoms with E-state index in [0.29, 0.717) is 13.1 Å². The minimum atomic E-state index is -0.143. The summed E-state index contributed by atoms with van der Waals surface area (Å²) in [7, 11) is 4.04. The predicted molar refractivity (Wildman–Crippen MR) is 89.0 cm³/mol. The number of nitrogens with one attached hydrogen (secondary N) is 2. The van der Waals surface area contributed by atoms with Crippen molar-refractivity contribution in [1.29, 1.82) is 0 Å². The third-order valence-corrected chi connectivity index (χ3v) is 4.35. The van der Waals surface area contributed by atoms with Gasteiger partial charge in [-0.2, -0.15) is 0 Å². The first-order valence-electron chi connectivity index (χ1n) is 7.26. The SMILES string of the molecule is CC(Cn1ccnc1)NC(=O)NCC(c1cccs1)N(C)C. The van der Waals surface area contributed by atoms with Crippen LogP contribution in [0.3, 0.4) is 0 Å². The van der Waals surface area contributed by atoms with E-state index >= 15 is 0 Å². The minimum absolute atomic E-state index is 0.0359. The zero-order valence-electron chi connectivity index (χ0n) is 13.2. The largest absolute Gasteiger partial charge is 0.336 e. The molecular formula is C15H23N5OS. The number of urea groups is 1. The van der Waals surface area contributed by atoms with Gasteiger partial charge in [0.2, 0.25) is 0 Å². The van der Waals surface area contributed by atoms with E-state index in [2.05, 4.69) is 32.0 Å². The average molecular weight is 321 g/mol. The molecule has 0 aliphatic carbocycles. The van der Waals surface area contributed by atoms with E-state index in [1.54, 1.807) is 23.9 Å². The number of aromatic nitrogens is 2. The molecule has 0 aliphatic heterocycles. The maximum absolute atomic E-state index is 12.0. The van der Waals surface area contributed by atoms with Gasteiger partial charge in [0, 0.05) is 36.4 Å². The van der Waals surface area contributed by atoms with Gasteiger partial charge < -0.3 is 20.1 Å². The highest BCUT2D eigenvalue weighted by molar-refractivity contribution is 7.10. The molecule has 0 aromatic carbocycles. The van der Waals surface area contributed by atoms with Gasteiger partial charge in [-0.1, -0.05) is 6.07 Å². The quantitative estimate of drug-likeness (QED) is 0.819. The molecule has 2 rings (SSSR count). The summed E-state index contributed by atoms with van der Waals surface area (Å²) in [6.07, 6.45) is 5.36. The molecule has 2 aromatic rings. The normalized spacial score (nSPS) is 13.8. The summed E-state index contributed by atoms with van der Waals surface area (Å²) in [5.41, 5.74) is 0. The van der Waals surface area contributed by atoms with Gasteiger partial charge in [0.1, 0.15) is 0 Å². The molecule has 120 valence electrons. The molecule has 0 fully saturated rings. The topological polar surface area (TPSA) is 62.2 Å². The second-order valence-electron chi connectivity index (χ2n) is 5.51. The van der Waals surface area contributed by atoms with Gasteiger partial charge >= 0.3 is 6.03 Å². The second kappa shape index (κ2) is 7.95. The fraction of sp³-hybridized carbons (Fsp3) is 0.467.